The van der Waals surface area contributed by atoms with Gasteiger partial charge in [0.25, 0.3) is 0 Å². The zero-order chi connectivity index (χ0) is 21.2. The van der Waals surface area contributed by atoms with E-state index in [1.807, 2.05) is 6.08 Å². The van der Waals surface area contributed by atoms with Crippen molar-refractivity contribution >= 4 is 40.8 Å². The van der Waals surface area contributed by atoms with Gasteiger partial charge in [-0.25, -0.2) is 0 Å². The van der Waals surface area contributed by atoms with Crippen molar-refractivity contribution in [1.29, 1.82) is 0 Å². The molecule has 3 atom stereocenters. The summed E-state index contributed by atoms with van der Waals surface area (Å²) in [6.45, 7) is 2.12. The van der Waals surface area contributed by atoms with Crippen molar-refractivity contribution in [2.75, 3.05) is 0 Å². The smallest absolute Gasteiger partial charge is 0.303 e. The van der Waals surface area contributed by atoms with Gasteiger partial charge in [0.05, 0.1) is 12.2 Å². The van der Waals surface area contributed by atoms with Crippen LogP contribution in [-0.2, 0) is 4.79 Å². The standard InChI is InChI=1S/C21H33Cl3O4/c1-2-3-6-9-15(25)12-13-17-16(10-7-4-5-8-11-20(27)28)18(14-19(17)26)21(22,23)24/h12-13,15,17,19,25-26H,2-11,14H2,1H3,(H,27,28)/b13-12+/t15-,17+,19+/m0/s1. The Labute approximate surface area is 183 Å². The van der Waals surface area contributed by atoms with E-state index in [1.165, 1.54) is 0 Å². The molecule has 0 saturated heterocycles. The third kappa shape index (κ3) is 9.49. The number of carboxylic acids is 1. The number of hydrogen-bond acceptors (Lipinski definition) is 3. The minimum absolute atomic E-state index is 0.183. The molecular formula is C21H33Cl3O4. The summed E-state index contributed by atoms with van der Waals surface area (Å²) in [4.78, 5) is 10.6. The first-order valence-electron chi connectivity index (χ1n) is 10.2. The van der Waals surface area contributed by atoms with Gasteiger partial charge in [-0.05, 0) is 37.7 Å². The largest absolute Gasteiger partial charge is 0.481 e. The fourth-order valence-corrected chi connectivity index (χ4v) is 4.25. The van der Waals surface area contributed by atoms with Crippen LogP contribution in [-0.4, -0.2) is 37.3 Å². The Hall–Kier alpha value is -0.260. The topological polar surface area (TPSA) is 77.8 Å². The fraction of sp³-hybridized carbons (Fsp3) is 0.762. The number of hydrogen-bond donors (Lipinski definition) is 3. The number of aliphatic hydroxyl groups is 2. The van der Waals surface area contributed by atoms with Gasteiger partial charge in [0.1, 0.15) is 0 Å². The summed E-state index contributed by atoms with van der Waals surface area (Å²) in [7, 11) is 0. The molecular weight excluding hydrogens is 423 g/mol. The highest BCUT2D eigenvalue weighted by molar-refractivity contribution is 6.69. The molecule has 162 valence electrons. The first-order valence-corrected chi connectivity index (χ1v) is 11.4. The lowest BCUT2D eigenvalue weighted by molar-refractivity contribution is -0.137. The van der Waals surface area contributed by atoms with Crippen LogP contribution in [0.3, 0.4) is 0 Å². The van der Waals surface area contributed by atoms with Gasteiger partial charge in [0, 0.05) is 12.3 Å². The summed E-state index contributed by atoms with van der Waals surface area (Å²) in [5.41, 5.74) is 1.58. The van der Waals surface area contributed by atoms with Gasteiger partial charge in [-0.2, -0.15) is 0 Å². The second-order valence-corrected chi connectivity index (χ2v) is 9.84. The number of carbonyl (C=O) groups is 1. The van der Waals surface area contributed by atoms with Crippen LogP contribution in [0.5, 0.6) is 0 Å². The molecule has 0 aromatic heterocycles. The number of aliphatic carboxylic acids is 1. The van der Waals surface area contributed by atoms with Crippen molar-refractivity contribution in [1.82, 2.24) is 0 Å². The summed E-state index contributed by atoms with van der Waals surface area (Å²) in [6, 6.07) is 0. The Morgan fingerprint density at radius 3 is 2.46 bits per heavy atom. The molecule has 1 rings (SSSR count). The van der Waals surface area contributed by atoms with E-state index in [1.54, 1.807) is 6.08 Å². The summed E-state index contributed by atoms with van der Waals surface area (Å²) >= 11 is 18.4. The highest BCUT2D eigenvalue weighted by atomic mass is 35.6. The van der Waals surface area contributed by atoms with Gasteiger partial charge < -0.3 is 15.3 Å². The Kier molecular flexibility index (Phi) is 12.1. The zero-order valence-corrected chi connectivity index (χ0v) is 18.8. The predicted molar refractivity (Wildman–Crippen MR) is 116 cm³/mol. The maximum atomic E-state index is 10.6. The molecule has 0 spiro atoms. The Morgan fingerprint density at radius 1 is 1.18 bits per heavy atom. The molecule has 0 aromatic rings. The van der Waals surface area contributed by atoms with Crippen LogP contribution in [0.25, 0.3) is 0 Å². The quantitative estimate of drug-likeness (QED) is 0.182. The molecule has 0 amide bonds. The van der Waals surface area contributed by atoms with Gasteiger partial charge in [0.2, 0.25) is 3.79 Å². The molecule has 0 heterocycles. The van der Waals surface area contributed by atoms with E-state index in [2.05, 4.69) is 6.92 Å². The summed E-state index contributed by atoms with van der Waals surface area (Å²) in [5.74, 6) is -1.03. The van der Waals surface area contributed by atoms with Crippen molar-refractivity contribution < 1.29 is 20.1 Å². The van der Waals surface area contributed by atoms with Crippen LogP contribution in [0.1, 0.15) is 77.6 Å². The third-order valence-electron chi connectivity index (χ3n) is 5.19. The Morgan fingerprint density at radius 2 is 1.86 bits per heavy atom. The first kappa shape index (κ1) is 25.8. The predicted octanol–water partition coefficient (Wildman–Crippen LogP) is 5.96. The highest BCUT2D eigenvalue weighted by Crippen LogP contribution is 2.47. The van der Waals surface area contributed by atoms with Crippen LogP contribution < -0.4 is 0 Å². The molecule has 1 aliphatic carbocycles. The molecule has 0 aromatic carbocycles. The minimum Gasteiger partial charge on any atom is -0.481 e. The van der Waals surface area contributed by atoms with E-state index < -0.39 is 22.0 Å². The lowest BCUT2D eigenvalue weighted by Gasteiger charge is -2.18. The molecule has 0 saturated carbocycles. The van der Waals surface area contributed by atoms with Crippen LogP contribution >= 0.6 is 34.8 Å². The second-order valence-electron chi connectivity index (χ2n) is 7.55. The van der Waals surface area contributed by atoms with E-state index in [0.717, 1.165) is 44.1 Å². The van der Waals surface area contributed by atoms with Gasteiger partial charge in [-0.3, -0.25) is 4.79 Å². The lowest BCUT2D eigenvalue weighted by Crippen LogP contribution is -2.15. The third-order valence-corrected chi connectivity index (χ3v) is 5.88. The van der Waals surface area contributed by atoms with Crippen molar-refractivity contribution in [2.24, 2.45) is 5.92 Å². The molecule has 1 aliphatic rings. The molecule has 0 aliphatic heterocycles. The minimum atomic E-state index is -1.55. The number of aliphatic hydroxyl groups excluding tert-OH is 2. The van der Waals surface area contributed by atoms with Crippen molar-refractivity contribution in [3.8, 4) is 0 Å². The monoisotopic (exact) mass is 454 g/mol. The number of carboxylic acid groups (broad SMARTS) is 1. The van der Waals surface area contributed by atoms with Crippen LogP contribution in [0.15, 0.2) is 23.3 Å². The maximum Gasteiger partial charge on any atom is 0.303 e. The average molecular weight is 456 g/mol. The molecule has 3 N–H and O–H groups in total. The van der Waals surface area contributed by atoms with Crippen molar-refractivity contribution in [3.05, 3.63) is 23.3 Å². The molecule has 0 fully saturated rings. The van der Waals surface area contributed by atoms with Gasteiger partial charge in [-0.15, -0.1) is 0 Å². The number of alkyl halides is 3. The molecule has 28 heavy (non-hydrogen) atoms. The van der Waals surface area contributed by atoms with E-state index in [9.17, 15) is 15.0 Å². The molecule has 4 nitrogen and oxygen atoms in total. The molecule has 7 heteroatoms. The fourth-order valence-electron chi connectivity index (χ4n) is 3.65. The van der Waals surface area contributed by atoms with E-state index in [0.29, 0.717) is 31.3 Å². The van der Waals surface area contributed by atoms with Gasteiger partial charge in [-0.1, -0.05) is 91.6 Å². The SMILES string of the molecule is CCCCC[C@H](O)/C=C/[C@@H]1C(CCCCCCC(=O)O)=C(C(Cl)(Cl)Cl)C[C@H]1O. The first-order chi connectivity index (χ1) is 13.2. The second kappa shape index (κ2) is 13.1. The Balaban J connectivity index is 2.71. The van der Waals surface area contributed by atoms with Crippen LogP contribution in [0.2, 0.25) is 0 Å². The molecule has 0 bridgehead atoms. The van der Waals surface area contributed by atoms with Gasteiger partial charge >= 0.3 is 5.97 Å². The van der Waals surface area contributed by atoms with E-state index >= 15 is 0 Å². The van der Waals surface area contributed by atoms with Crippen molar-refractivity contribution in [3.63, 3.8) is 0 Å². The van der Waals surface area contributed by atoms with Crippen LogP contribution in [0.4, 0.5) is 0 Å². The van der Waals surface area contributed by atoms with Gasteiger partial charge in [0.15, 0.2) is 0 Å². The summed E-state index contributed by atoms with van der Waals surface area (Å²) in [5, 5.41) is 29.3. The van der Waals surface area contributed by atoms with Crippen molar-refractivity contribution in [2.45, 2.75) is 93.6 Å². The molecule has 0 radical (unpaired) electrons. The highest BCUT2D eigenvalue weighted by Gasteiger charge is 2.40. The average Bonchev–Trinajstić information content (AvgIpc) is 2.92. The van der Waals surface area contributed by atoms with E-state index in [4.69, 9.17) is 39.9 Å². The summed E-state index contributed by atoms with van der Waals surface area (Å²) in [6.07, 6.45) is 10.7. The summed E-state index contributed by atoms with van der Waals surface area (Å²) < 4.78 is -1.55. The number of rotatable bonds is 13. The zero-order valence-electron chi connectivity index (χ0n) is 16.5. The number of unbranched alkanes of at least 4 members (excludes halogenated alkanes) is 5. The lowest BCUT2D eigenvalue weighted by atomic mass is 9.92. The van der Waals surface area contributed by atoms with Crippen LogP contribution in [0, 0.1) is 5.92 Å². The molecule has 0 unspecified atom stereocenters. The maximum absolute atomic E-state index is 10.6. The number of halogens is 3. The normalized spacial score (nSPS) is 21.6. The Bertz CT molecular complexity index is 540. The van der Waals surface area contributed by atoms with E-state index in [-0.39, 0.29) is 12.3 Å².